The molecule has 1 amide bonds. The standard InChI is InChI=1S/C21H22Cl2N4O2S/c22-16-6-5-15(13-17(16)23)14-20(28)27-10-8-26(9-11-27)7-1-4-19-24-21(25-29-19)18-3-2-12-30-18/h2-3,5-6,12-13H,1,4,7-11,14H2. The minimum absolute atomic E-state index is 0.125. The van der Waals surface area contributed by atoms with E-state index < -0.39 is 0 Å². The molecule has 3 aromatic rings. The number of hydrogen-bond donors (Lipinski definition) is 0. The molecule has 0 spiro atoms. The van der Waals surface area contributed by atoms with Crippen molar-refractivity contribution in [2.45, 2.75) is 19.3 Å². The van der Waals surface area contributed by atoms with Crippen molar-refractivity contribution in [3.05, 3.63) is 57.2 Å². The van der Waals surface area contributed by atoms with Crippen molar-refractivity contribution in [2.24, 2.45) is 0 Å². The van der Waals surface area contributed by atoms with Gasteiger partial charge in [-0.15, -0.1) is 11.3 Å². The maximum absolute atomic E-state index is 12.6. The Balaban J connectivity index is 1.18. The first-order valence-corrected chi connectivity index (χ1v) is 11.5. The van der Waals surface area contributed by atoms with Crippen molar-refractivity contribution in [3.8, 4) is 10.7 Å². The number of aryl methyl sites for hydroxylation is 1. The van der Waals surface area contributed by atoms with Gasteiger partial charge in [0.1, 0.15) is 0 Å². The minimum atomic E-state index is 0.125. The molecule has 1 aliphatic heterocycles. The lowest BCUT2D eigenvalue weighted by atomic mass is 10.1. The number of thiophene rings is 1. The molecule has 4 rings (SSSR count). The highest BCUT2D eigenvalue weighted by atomic mass is 35.5. The average Bonchev–Trinajstić information content (AvgIpc) is 3.43. The highest BCUT2D eigenvalue weighted by Gasteiger charge is 2.21. The Morgan fingerprint density at radius 2 is 1.97 bits per heavy atom. The van der Waals surface area contributed by atoms with E-state index in [0.717, 1.165) is 56.0 Å². The van der Waals surface area contributed by atoms with Crippen LogP contribution in [0.3, 0.4) is 0 Å². The Morgan fingerprint density at radius 1 is 1.13 bits per heavy atom. The smallest absolute Gasteiger partial charge is 0.227 e. The molecular formula is C21H22Cl2N4O2S. The summed E-state index contributed by atoms with van der Waals surface area (Å²) in [6.07, 6.45) is 2.05. The lowest BCUT2D eigenvalue weighted by Gasteiger charge is -2.34. The molecule has 6 nitrogen and oxygen atoms in total. The Bertz CT molecular complexity index is 985. The van der Waals surface area contributed by atoms with Gasteiger partial charge in [0, 0.05) is 32.6 Å². The van der Waals surface area contributed by atoms with E-state index in [1.807, 2.05) is 28.5 Å². The normalized spacial score (nSPS) is 14.9. The topological polar surface area (TPSA) is 62.5 Å². The molecule has 158 valence electrons. The van der Waals surface area contributed by atoms with E-state index in [0.29, 0.717) is 28.2 Å². The molecule has 9 heteroatoms. The summed E-state index contributed by atoms with van der Waals surface area (Å²) in [5, 5.41) is 7.04. The summed E-state index contributed by atoms with van der Waals surface area (Å²) in [5.41, 5.74) is 0.887. The molecular weight excluding hydrogens is 443 g/mol. The van der Waals surface area contributed by atoms with Crippen LogP contribution in [-0.2, 0) is 17.6 Å². The van der Waals surface area contributed by atoms with E-state index in [1.165, 1.54) is 0 Å². The van der Waals surface area contributed by atoms with E-state index in [4.69, 9.17) is 27.7 Å². The van der Waals surface area contributed by atoms with Crippen LogP contribution in [0.15, 0.2) is 40.2 Å². The molecule has 1 saturated heterocycles. The predicted molar refractivity (Wildman–Crippen MR) is 119 cm³/mol. The van der Waals surface area contributed by atoms with E-state index in [-0.39, 0.29) is 5.91 Å². The van der Waals surface area contributed by atoms with Crippen LogP contribution in [-0.4, -0.2) is 58.6 Å². The van der Waals surface area contributed by atoms with E-state index in [1.54, 1.807) is 23.5 Å². The van der Waals surface area contributed by atoms with Crippen LogP contribution in [0.1, 0.15) is 17.9 Å². The summed E-state index contributed by atoms with van der Waals surface area (Å²) in [4.78, 5) is 22.4. The third-order valence-electron chi connectivity index (χ3n) is 5.14. The molecule has 0 radical (unpaired) electrons. The first-order valence-electron chi connectivity index (χ1n) is 9.89. The maximum Gasteiger partial charge on any atom is 0.227 e. The number of carbonyl (C=O) groups excluding carboxylic acids is 1. The summed E-state index contributed by atoms with van der Waals surface area (Å²) >= 11 is 13.6. The van der Waals surface area contributed by atoms with Crippen LogP contribution in [0.4, 0.5) is 0 Å². The van der Waals surface area contributed by atoms with E-state index in [9.17, 15) is 4.79 Å². The zero-order chi connectivity index (χ0) is 20.9. The predicted octanol–water partition coefficient (Wildman–Crippen LogP) is 4.42. The van der Waals surface area contributed by atoms with Gasteiger partial charge in [0.2, 0.25) is 17.6 Å². The van der Waals surface area contributed by atoms with Crippen molar-refractivity contribution in [2.75, 3.05) is 32.7 Å². The fraction of sp³-hybridized carbons (Fsp3) is 0.381. The number of nitrogens with zero attached hydrogens (tertiary/aromatic N) is 4. The van der Waals surface area contributed by atoms with Crippen molar-refractivity contribution in [1.82, 2.24) is 19.9 Å². The third-order valence-corrected chi connectivity index (χ3v) is 6.74. The highest BCUT2D eigenvalue weighted by Crippen LogP contribution is 2.23. The average molecular weight is 465 g/mol. The number of benzene rings is 1. The molecule has 30 heavy (non-hydrogen) atoms. The van der Waals surface area contributed by atoms with Crippen molar-refractivity contribution in [3.63, 3.8) is 0 Å². The lowest BCUT2D eigenvalue weighted by Crippen LogP contribution is -2.49. The summed E-state index contributed by atoms with van der Waals surface area (Å²) in [6.45, 7) is 4.17. The Kier molecular flexibility index (Phi) is 7.04. The molecule has 0 bridgehead atoms. The van der Waals surface area contributed by atoms with Crippen LogP contribution in [0.25, 0.3) is 10.7 Å². The van der Waals surface area contributed by atoms with Gasteiger partial charge in [0.05, 0.1) is 21.3 Å². The summed E-state index contributed by atoms with van der Waals surface area (Å²) < 4.78 is 5.36. The Labute approximate surface area is 189 Å². The quantitative estimate of drug-likeness (QED) is 0.517. The molecule has 0 unspecified atom stereocenters. The minimum Gasteiger partial charge on any atom is -0.340 e. The summed E-state index contributed by atoms with van der Waals surface area (Å²) in [7, 11) is 0. The molecule has 3 heterocycles. The fourth-order valence-electron chi connectivity index (χ4n) is 3.47. The van der Waals surface area contributed by atoms with Gasteiger partial charge in [-0.25, -0.2) is 0 Å². The van der Waals surface area contributed by atoms with Gasteiger partial charge >= 0.3 is 0 Å². The van der Waals surface area contributed by atoms with Gasteiger partial charge in [-0.3, -0.25) is 9.69 Å². The molecule has 0 atom stereocenters. The van der Waals surface area contributed by atoms with Crippen LogP contribution < -0.4 is 0 Å². The molecule has 0 N–H and O–H groups in total. The maximum atomic E-state index is 12.6. The number of carbonyl (C=O) groups is 1. The Hall–Kier alpha value is -1.93. The van der Waals surface area contributed by atoms with E-state index in [2.05, 4.69) is 15.0 Å². The second-order valence-electron chi connectivity index (χ2n) is 7.24. The first kappa shape index (κ1) is 21.3. The van der Waals surface area contributed by atoms with Gasteiger partial charge in [0.25, 0.3) is 0 Å². The molecule has 0 aliphatic carbocycles. The number of piperazine rings is 1. The summed E-state index contributed by atoms with van der Waals surface area (Å²) in [6, 6.07) is 9.31. The third kappa shape index (κ3) is 5.40. The molecule has 0 saturated carbocycles. The molecule has 2 aromatic heterocycles. The number of aromatic nitrogens is 2. The Morgan fingerprint density at radius 3 is 2.70 bits per heavy atom. The largest absolute Gasteiger partial charge is 0.340 e. The number of halogens is 2. The van der Waals surface area contributed by atoms with Gasteiger partial charge < -0.3 is 9.42 Å². The summed E-state index contributed by atoms with van der Waals surface area (Å²) in [5.74, 6) is 1.46. The SMILES string of the molecule is O=C(Cc1ccc(Cl)c(Cl)c1)N1CCN(CCCc2nc(-c3cccs3)no2)CC1. The highest BCUT2D eigenvalue weighted by molar-refractivity contribution is 7.13. The second kappa shape index (κ2) is 9.92. The lowest BCUT2D eigenvalue weighted by molar-refractivity contribution is -0.132. The monoisotopic (exact) mass is 464 g/mol. The van der Waals surface area contributed by atoms with Gasteiger partial charge in [-0.1, -0.05) is 40.5 Å². The van der Waals surface area contributed by atoms with Crippen molar-refractivity contribution < 1.29 is 9.32 Å². The first-order chi connectivity index (χ1) is 14.6. The molecule has 1 fully saturated rings. The molecule has 1 aliphatic rings. The number of amides is 1. The van der Waals surface area contributed by atoms with Crippen LogP contribution in [0, 0.1) is 0 Å². The van der Waals surface area contributed by atoms with Gasteiger partial charge in [-0.05, 0) is 42.1 Å². The van der Waals surface area contributed by atoms with Crippen molar-refractivity contribution in [1.29, 1.82) is 0 Å². The number of hydrogen-bond acceptors (Lipinski definition) is 6. The van der Waals surface area contributed by atoms with E-state index >= 15 is 0 Å². The van der Waals surface area contributed by atoms with Gasteiger partial charge in [0.15, 0.2) is 0 Å². The zero-order valence-corrected chi connectivity index (χ0v) is 18.7. The van der Waals surface area contributed by atoms with Crippen molar-refractivity contribution >= 4 is 40.4 Å². The fourth-order valence-corrected chi connectivity index (χ4v) is 4.44. The van der Waals surface area contributed by atoms with Crippen LogP contribution >= 0.6 is 34.5 Å². The van der Waals surface area contributed by atoms with Crippen LogP contribution in [0.2, 0.25) is 10.0 Å². The van der Waals surface area contributed by atoms with Gasteiger partial charge in [-0.2, -0.15) is 4.98 Å². The van der Waals surface area contributed by atoms with Crippen LogP contribution in [0.5, 0.6) is 0 Å². The molecule has 1 aromatic carbocycles. The second-order valence-corrected chi connectivity index (χ2v) is 9.00. The zero-order valence-electron chi connectivity index (χ0n) is 16.4. The number of rotatable bonds is 7.